The van der Waals surface area contributed by atoms with E-state index in [1.165, 1.54) is 6.07 Å². The fourth-order valence-corrected chi connectivity index (χ4v) is 2.25. The molecule has 4 heteroatoms. The largest absolute Gasteiger partial charge is 0.398 e. The van der Waals surface area contributed by atoms with Gasteiger partial charge < -0.3 is 11.1 Å². The second-order valence-corrected chi connectivity index (χ2v) is 4.71. The molecule has 0 saturated carbocycles. The highest BCUT2D eigenvalue weighted by atomic mass is 19.1. The van der Waals surface area contributed by atoms with Crippen LogP contribution in [0.25, 0.3) is 10.8 Å². The third-order valence-electron chi connectivity index (χ3n) is 3.18. The maximum Gasteiger partial charge on any atom is 0.146 e. The molecule has 0 aliphatic rings. The lowest BCUT2D eigenvalue weighted by Gasteiger charge is -2.11. The van der Waals surface area contributed by atoms with Crippen LogP contribution in [0.3, 0.4) is 0 Å². The van der Waals surface area contributed by atoms with Gasteiger partial charge in [-0.3, -0.25) is 0 Å². The number of fused-ring (bicyclic) bond motifs is 1. The summed E-state index contributed by atoms with van der Waals surface area (Å²) < 4.78 is 13.7. The highest BCUT2D eigenvalue weighted by Crippen LogP contribution is 2.29. The Labute approximate surface area is 116 Å². The standard InChI is InChI=1S/C16H14FN3/c1-10-8-12-11(14(18)9-10)6-7-19-16(12)20-15-5-3-2-4-13(15)17/h2-9H,18H2,1H3,(H,19,20). The van der Waals surface area contributed by atoms with Crippen molar-refractivity contribution in [2.24, 2.45) is 0 Å². The van der Waals surface area contributed by atoms with Crippen molar-refractivity contribution in [1.29, 1.82) is 0 Å². The molecule has 0 radical (unpaired) electrons. The topological polar surface area (TPSA) is 50.9 Å². The average Bonchev–Trinajstić information content (AvgIpc) is 2.42. The van der Waals surface area contributed by atoms with Crippen LogP contribution in [0.5, 0.6) is 0 Å². The molecule has 0 amide bonds. The van der Waals surface area contributed by atoms with Gasteiger partial charge in [0.2, 0.25) is 0 Å². The quantitative estimate of drug-likeness (QED) is 0.690. The number of aryl methyl sites for hydroxylation is 1. The number of nitrogens with two attached hydrogens (primary N) is 1. The van der Waals surface area contributed by atoms with Crippen LogP contribution < -0.4 is 11.1 Å². The first-order valence-electron chi connectivity index (χ1n) is 6.31. The Balaban J connectivity index is 2.15. The first kappa shape index (κ1) is 12.4. The molecular formula is C16H14FN3. The first-order valence-corrected chi connectivity index (χ1v) is 6.31. The summed E-state index contributed by atoms with van der Waals surface area (Å²) in [5.74, 6) is 0.287. The second-order valence-electron chi connectivity index (χ2n) is 4.71. The van der Waals surface area contributed by atoms with Gasteiger partial charge in [0, 0.05) is 22.7 Å². The fraction of sp³-hybridized carbons (Fsp3) is 0.0625. The maximum absolute atomic E-state index is 13.7. The van der Waals surface area contributed by atoms with Crippen molar-refractivity contribution in [3.05, 3.63) is 60.0 Å². The third kappa shape index (κ3) is 2.16. The number of halogens is 1. The van der Waals surface area contributed by atoms with E-state index in [1.54, 1.807) is 24.4 Å². The van der Waals surface area contributed by atoms with Gasteiger partial charge in [-0.05, 0) is 42.8 Å². The molecule has 0 saturated heterocycles. The van der Waals surface area contributed by atoms with Gasteiger partial charge >= 0.3 is 0 Å². The molecule has 0 atom stereocenters. The van der Waals surface area contributed by atoms with Gasteiger partial charge in [0.05, 0.1) is 5.69 Å². The van der Waals surface area contributed by atoms with Crippen LogP contribution in [0.4, 0.5) is 21.6 Å². The van der Waals surface area contributed by atoms with Crippen LogP contribution in [-0.2, 0) is 0 Å². The average molecular weight is 267 g/mol. The minimum atomic E-state index is -0.313. The summed E-state index contributed by atoms with van der Waals surface area (Å²) in [5.41, 5.74) is 8.15. The summed E-state index contributed by atoms with van der Waals surface area (Å²) in [7, 11) is 0. The smallest absolute Gasteiger partial charge is 0.146 e. The van der Waals surface area contributed by atoms with Gasteiger partial charge in [0.15, 0.2) is 0 Å². The summed E-state index contributed by atoms with van der Waals surface area (Å²) in [6, 6.07) is 12.3. The van der Waals surface area contributed by atoms with Gasteiger partial charge in [-0.15, -0.1) is 0 Å². The number of pyridine rings is 1. The normalized spacial score (nSPS) is 10.7. The van der Waals surface area contributed by atoms with Crippen molar-refractivity contribution >= 4 is 28.0 Å². The minimum Gasteiger partial charge on any atom is -0.398 e. The summed E-state index contributed by atoms with van der Waals surface area (Å²) in [4.78, 5) is 4.29. The van der Waals surface area contributed by atoms with Crippen LogP contribution in [0.2, 0.25) is 0 Å². The van der Waals surface area contributed by atoms with Gasteiger partial charge in [-0.2, -0.15) is 0 Å². The Hall–Kier alpha value is -2.62. The van der Waals surface area contributed by atoms with Crippen LogP contribution in [0, 0.1) is 12.7 Å². The highest BCUT2D eigenvalue weighted by molar-refractivity contribution is 6.00. The molecule has 0 aliphatic heterocycles. The zero-order chi connectivity index (χ0) is 14.1. The van der Waals surface area contributed by atoms with Gasteiger partial charge in [0.1, 0.15) is 11.6 Å². The van der Waals surface area contributed by atoms with E-state index in [9.17, 15) is 4.39 Å². The van der Waals surface area contributed by atoms with E-state index in [0.29, 0.717) is 17.2 Å². The number of anilines is 3. The van der Waals surface area contributed by atoms with Crippen LogP contribution in [0.15, 0.2) is 48.7 Å². The Morgan fingerprint density at radius 1 is 1.10 bits per heavy atom. The van der Waals surface area contributed by atoms with E-state index in [4.69, 9.17) is 5.73 Å². The molecule has 20 heavy (non-hydrogen) atoms. The molecule has 0 aliphatic carbocycles. The van der Waals surface area contributed by atoms with E-state index in [1.807, 2.05) is 25.1 Å². The number of rotatable bonds is 2. The maximum atomic E-state index is 13.7. The van der Waals surface area contributed by atoms with Crippen molar-refractivity contribution in [1.82, 2.24) is 4.98 Å². The summed E-state index contributed by atoms with van der Waals surface area (Å²) in [6.45, 7) is 1.97. The predicted octanol–water partition coefficient (Wildman–Crippen LogP) is 4.01. The lowest BCUT2D eigenvalue weighted by atomic mass is 10.1. The van der Waals surface area contributed by atoms with Crippen LogP contribution in [-0.4, -0.2) is 4.98 Å². The molecule has 1 aromatic heterocycles. The molecule has 3 aromatic rings. The molecule has 3 rings (SSSR count). The summed E-state index contributed by atoms with van der Waals surface area (Å²) in [6.07, 6.45) is 1.66. The van der Waals surface area contributed by atoms with Crippen LogP contribution in [0.1, 0.15) is 5.56 Å². The second kappa shape index (κ2) is 4.81. The summed E-state index contributed by atoms with van der Waals surface area (Å²) >= 11 is 0. The SMILES string of the molecule is Cc1cc(N)c2ccnc(Nc3ccccc3F)c2c1. The van der Waals surface area contributed by atoms with Gasteiger partial charge in [-0.1, -0.05) is 12.1 Å². The van der Waals surface area contributed by atoms with Crippen molar-refractivity contribution in [3.63, 3.8) is 0 Å². The molecule has 3 nitrogen and oxygen atoms in total. The Bertz CT molecular complexity index is 784. The Morgan fingerprint density at radius 3 is 2.70 bits per heavy atom. The molecule has 0 unspecified atom stereocenters. The van der Waals surface area contributed by atoms with Crippen LogP contribution >= 0.6 is 0 Å². The molecule has 0 spiro atoms. The van der Waals surface area contributed by atoms with E-state index in [0.717, 1.165) is 16.3 Å². The van der Waals surface area contributed by atoms with Crippen molar-refractivity contribution in [2.45, 2.75) is 6.92 Å². The number of para-hydroxylation sites is 1. The van der Waals surface area contributed by atoms with Crippen molar-refractivity contribution < 1.29 is 4.39 Å². The molecule has 2 aromatic carbocycles. The van der Waals surface area contributed by atoms with Crippen molar-refractivity contribution in [3.8, 4) is 0 Å². The number of hydrogen-bond acceptors (Lipinski definition) is 3. The van der Waals surface area contributed by atoms with Gasteiger partial charge in [0.25, 0.3) is 0 Å². The minimum absolute atomic E-state index is 0.313. The van der Waals surface area contributed by atoms with E-state index >= 15 is 0 Å². The zero-order valence-corrected chi connectivity index (χ0v) is 11.0. The molecule has 0 bridgehead atoms. The lowest BCUT2D eigenvalue weighted by Crippen LogP contribution is -1.98. The number of aromatic nitrogens is 1. The Kier molecular flexibility index (Phi) is 2.99. The van der Waals surface area contributed by atoms with E-state index < -0.39 is 0 Å². The molecular weight excluding hydrogens is 253 g/mol. The number of hydrogen-bond donors (Lipinski definition) is 2. The molecule has 3 N–H and O–H groups in total. The Morgan fingerprint density at radius 2 is 1.90 bits per heavy atom. The summed E-state index contributed by atoms with van der Waals surface area (Å²) in [5, 5.41) is 4.82. The highest BCUT2D eigenvalue weighted by Gasteiger charge is 2.08. The molecule has 1 heterocycles. The number of benzene rings is 2. The third-order valence-corrected chi connectivity index (χ3v) is 3.18. The monoisotopic (exact) mass is 267 g/mol. The molecule has 100 valence electrons. The number of nitrogens with one attached hydrogen (secondary N) is 1. The molecule has 0 fully saturated rings. The van der Waals surface area contributed by atoms with Gasteiger partial charge in [-0.25, -0.2) is 9.37 Å². The van der Waals surface area contributed by atoms with Crippen molar-refractivity contribution in [2.75, 3.05) is 11.1 Å². The van der Waals surface area contributed by atoms with E-state index in [-0.39, 0.29) is 5.82 Å². The zero-order valence-electron chi connectivity index (χ0n) is 11.0. The number of nitrogen functional groups attached to an aromatic ring is 1. The lowest BCUT2D eigenvalue weighted by molar-refractivity contribution is 0.632. The number of nitrogens with zero attached hydrogens (tertiary/aromatic N) is 1. The predicted molar refractivity (Wildman–Crippen MR) is 80.6 cm³/mol. The fourth-order valence-electron chi connectivity index (χ4n) is 2.25. The first-order chi connectivity index (χ1) is 9.65. The van der Waals surface area contributed by atoms with E-state index in [2.05, 4.69) is 10.3 Å².